The van der Waals surface area contributed by atoms with E-state index in [0.717, 1.165) is 12.8 Å². The summed E-state index contributed by atoms with van der Waals surface area (Å²) in [7, 11) is 0. The van der Waals surface area contributed by atoms with E-state index in [2.05, 4.69) is 0 Å². The summed E-state index contributed by atoms with van der Waals surface area (Å²) in [4.78, 5) is 24.8. The molecule has 6 heteroatoms. The van der Waals surface area contributed by atoms with E-state index in [4.69, 9.17) is 4.74 Å². The first-order chi connectivity index (χ1) is 8.13. The zero-order valence-electron chi connectivity index (χ0n) is 9.96. The standard InChI is InChI=1S/C11H18N2O4/c1-2-4-10(14)17-9-7-8-5-3-6-12(8)11(15)13(9)16/h8-9,16H,2-7H2,1H3. The second kappa shape index (κ2) is 4.91. The van der Waals surface area contributed by atoms with Crippen LogP contribution in [0.4, 0.5) is 4.79 Å². The van der Waals surface area contributed by atoms with E-state index in [1.807, 2.05) is 6.92 Å². The second-order valence-electron chi connectivity index (χ2n) is 4.55. The van der Waals surface area contributed by atoms with Gasteiger partial charge in [0.1, 0.15) is 0 Å². The Hall–Kier alpha value is -1.30. The number of hydroxylamine groups is 2. The smallest absolute Gasteiger partial charge is 0.347 e. The summed E-state index contributed by atoms with van der Waals surface area (Å²) in [6.45, 7) is 2.55. The van der Waals surface area contributed by atoms with Crippen molar-refractivity contribution in [3.63, 3.8) is 0 Å². The van der Waals surface area contributed by atoms with Crippen LogP contribution in [0.5, 0.6) is 0 Å². The number of rotatable bonds is 3. The lowest BCUT2D eigenvalue weighted by molar-refractivity contribution is -0.208. The monoisotopic (exact) mass is 242 g/mol. The molecule has 2 heterocycles. The van der Waals surface area contributed by atoms with Crippen LogP contribution in [0.3, 0.4) is 0 Å². The van der Waals surface area contributed by atoms with E-state index in [1.165, 1.54) is 0 Å². The molecule has 2 rings (SSSR count). The second-order valence-corrected chi connectivity index (χ2v) is 4.55. The number of amides is 2. The summed E-state index contributed by atoms with van der Waals surface area (Å²) in [5, 5.41) is 10.2. The molecule has 96 valence electrons. The number of fused-ring (bicyclic) bond motifs is 1. The van der Waals surface area contributed by atoms with Gasteiger partial charge < -0.3 is 9.64 Å². The van der Waals surface area contributed by atoms with Crippen molar-refractivity contribution in [3.8, 4) is 0 Å². The average molecular weight is 242 g/mol. The number of ether oxygens (including phenoxy) is 1. The number of urea groups is 1. The molecule has 2 unspecified atom stereocenters. The SMILES string of the molecule is CCCC(=O)OC1CC2CCCN2C(=O)N1O. The molecule has 0 aliphatic carbocycles. The highest BCUT2D eigenvalue weighted by atomic mass is 16.6. The molecular formula is C11H18N2O4. The highest BCUT2D eigenvalue weighted by Crippen LogP contribution is 2.29. The number of nitrogens with zero attached hydrogens (tertiary/aromatic N) is 2. The molecule has 17 heavy (non-hydrogen) atoms. The first-order valence-corrected chi connectivity index (χ1v) is 6.11. The first-order valence-electron chi connectivity index (χ1n) is 6.11. The average Bonchev–Trinajstić information content (AvgIpc) is 2.74. The minimum Gasteiger partial charge on any atom is -0.439 e. The highest BCUT2D eigenvalue weighted by Gasteiger charge is 2.42. The van der Waals surface area contributed by atoms with E-state index in [9.17, 15) is 14.8 Å². The predicted octanol–water partition coefficient (Wildman–Crippen LogP) is 1.34. The third-order valence-corrected chi connectivity index (χ3v) is 3.29. The fraction of sp³-hybridized carbons (Fsp3) is 0.818. The largest absolute Gasteiger partial charge is 0.439 e. The van der Waals surface area contributed by atoms with Crippen molar-refractivity contribution in [1.29, 1.82) is 0 Å². The maximum Gasteiger partial charge on any atom is 0.347 e. The van der Waals surface area contributed by atoms with Crippen molar-refractivity contribution in [2.24, 2.45) is 0 Å². The molecule has 2 aliphatic heterocycles. The minimum absolute atomic E-state index is 0.102. The lowest BCUT2D eigenvalue weighted by Crippen LogP contribution is -2.56. The molecule has 6 nitrogen and oxygen atoms in total. The summed E-state index contributed by atoms with van der Waals surface area (Å²) in [6.07, 6.45) is 2.55. The molecule has 0 aromatic heterocycles. The molecule has 1 N–H and O–H groups in total. The molecule has 0 saturated carbocycles. The summed E-state index contributed by atoms with van der Waals surface area (Å²) in [5.41, 5.74) is 0. The number of hydrogen-bond donors (Lipinski definition) is 1. The predicted molar refractivity (Wildman–Crippen MR) is 58.2 cm³/mol. The molecule has 2 fully saturated rings. The van der Waals surface area contributed by atoms with Crippen LogP contribution in [0.25, 0.3) is 0 Å². The molecule has 2 atom stereocenters. The Morgan fingerprint density at radius 1 is 1.59 bits per heavy atom. The maximum absolute atomic E-state index is 11.8. The summed E-state index contributed by atoms with van der Waals surface area (Å²) < 4.78 is 5.11. The number of carbonyl (C=O) groups excluding carboxylic acids is 2. The van der Waals surface area contributed by atoms with Crippen molar-refractivity contribution < 1.29 is 19.5 Å². The van der Waals surface area contributed by atoms with E-state index in [1.54, 1.807) is 4.90 Å². The zero-order chi connectivity index (χ0) is 12.4. The summed E-state index contributed by atoms with van der Waals surface area (Å²) in [6, 6.07) is -0.349. The topological polar surface area (TPSA) is 70.1 Å². The first kappa shape index (κ1) is 12.2. The molecule has 0 aromatic rings. The minimum atomic E-state index is -0.819. The van der Waals surface area contributed by atoms with Gasteiger partial charge in [0.15, 0.2) is 0 Å². The Kier molecular flexibility index (Phi) is 3.51. The van der Waals surface area contributed by atoms with Gasteiger partial charge in [-0.15, -0.1) is 0 Å². The van der Waals surface area contributed by atoms with Gasteiger partial charge in [-0.3, -0.25) is 10.0 Å². The van der Waals surface area contributed by atoms with Gasteiger partial charge in [0, 0.05) is 25.4 Å². The fourth-order valence-corrected chi connectivity index (χ4v) is 2.43. The van der Waals surface area contributed by atoms with Crippen LogP contribution in [-0.2, 0) is 9.53 Å². The quantitative estimate of drug-likeness (QED) is 0.599. The highest BCUT2D eigenvalue weighted by molar-refractivity contribution is 5.76. The van der Waals surface area contributed by atoms with Crippen LogP contribution in [0.15, 0.2) is 0 Å². The van der Waals surface area contributed by atoms with Crippen LogP contribution in [0.1, 0.15) is 39.0 Å². The van der Waals surface area contributed by atoms with E-state index < -0.39 is 12.3 Å². The van der Waals surface area contributed by atoms with Crippen molar-refractivity contribution in [2.45, 2.75) is 51.3 Å². The van der Waals surface area contributed by atoms with Crippen LogP contribution >= 0.6 is 0 Å². The maximum atomic E-state index is 11.8. The van der Waals surface area contributed by atoms with Gasteiger partial charge in [-0.1, -0.05) is 6.92 Å². The van der Waals surface area contributed by atoms with E-state index >= 15 is 0 Å². The van der Waals surface area contributed by atoms with Gasteiger partial charge in [-0.25, -0.2) is 4.79 Å². The molecule has 0 aromatic carbocycles. The number of carbonyl (C=O) groups is 2. The van der Waals surface area contributed by atoms with Crippen molar-refractivity contribution >= 4 is 12.0 Å². The third-order valence-electron chi connectivity index (χ3n) is 3.29. The Morgan fingerprint density at radius 2 is 2.35 bits per heavy atom. The van der Waals surface area contributed by atoms with Crippen molar-refractivity contribution in [2.75, 3.05) is 6.54 Å². The van der Waals surface area contributed by atoms with Gasteiger partial charge in [0.2, 0.25) is 6.23 Å². The van der Waals surface area contributed by atoms with Gasteiger partial charge in [0.05, 0.1) is 0 Å². The molecule has 0 spiro atoms. The van der Waals surface area contributed by atoms with Crippen LogP contribution in [0, 0.1) is 0 Å². The number of esters is 1. The molecule has 2 aliphatic rings. The van der Waals surface area contributed by atoms with Crippen LogP contribution in [0.2, 0.25) is 0 Å². The van der Waals surface area contributed by atoms with Crippen molar-refractivity contribution in [3.05, 3.63) is 0 Å². The molecule has 2 saturated heterocycles. The molecule has 2 amide bonds. The Labute approximate surface area is 100 Å². The normalized spacial score (nSPS) is 28.2. The third kappa shape index (κ3) is 2.36. The van der Waals surface area contributed by atoms with E-state index in [0.29, 0.717) is 30.9 Å². The van der Waals surface area contributed by atoms with Gasteiger partial charge in [-0.05, 0) is 19.3 Å². The fourth-order valence-electron chi connectivity index (χ4n) is 2.43. The molecular weight excluding hydrogens is 224 g/mol. The van der Waals surface area contributed by atoms with Crippen LogP contribution < -0.4 is 0 Å². The molecule has 0 radical (unpaired) electrons. The van der Waals surface area contributed by atoms with Gasteiger partial charge in [-0.2, -0.15) is 5.06 Å². The van der Waals surface area contributed by atoms with Crippen molar-refractivity contribution in [1.82, 2.24) is 9.96 Å². The summed E-state index contributed by atoms with van der Waals surface area (Å²) in [5.74, 6) is -0.365. The Bertz CT molecular complexity index is 321. The number of hydrogen-bond acceptors (Lipinski definition) is 4. The Balaban J connectivity index is 1.98. The van der Waals surface area contributed by atoms with E-state index in [-0.39, 0.29) is 12.0 Å². The van der Waals surface area contributed by atoms with Crippen LogP contribution in [-0.4, -0.2) is 46.0 Å². The van der Waals surface area contributed by atoms with Gasteiger partial charge in [0.25, 0.3) is 0 Å². The Morgan fingerprint density at radius 3 is 3.06 bits per heavy atom. The molecule has 0 bridgehead atoms. The summed E-state index contributed by atoms with van der Waals surface area (Å²) >= 11 is 0. The lowest BCUT2D eigenvalue weighted by Gasteiger charge is -2.38. The lowest BCUT2D eigenvalue weighted by atomic mass is 10.1. The zero-order valence-corrected chi connectivity index (χ0v) is 9.96. The van der Waals surface area contributed by atoms with Gasteiger partial charge >= 0.3 is 12.0 Å².